The summed E-state index contributed by atoms with van der Waals surface area (Å²) in [6.45, 7) is 16.9. The Kier molecular flexibility index (Phi) is 7.09. The van der Waals surface area contributed by atoms with E-state index in [2.05, 4.69) is 11.3 Å². The minimum Gasteiger partial charge on any atom is -0.415 e. The number of hydrogen-bond donors (Lipinski definition) is 1. The monoisotopic (exact) mass is 309 g/mol. The third-order valence-corrected chi connectivity index (χ3v) is 6.55. The van der Waals surface area contributed by atoms with Gasteiger partial charge in [0.1, 0.15) is 5.83 Å². The molecule has 0 aromatic heterocycles. The van der Waals surface area contributed by atoms with Crippen molar-refractivity contribution in [3.8, 4) is 0 Å². The van der Waals surface area contributed by atoms with Crippen molar-refractivity contribution in [3.63, 3.8) is 0 Å². The lowest BCUT2D eigenvalue weighted by molar-refractivity contribution is 0.229. The van der Waals surface area contributed by atoms with Crippen molar-refractivity contribution < 1.29 is 13.0 Å². The van der Waals surface area contributed by atoms with Crippen LogP contribution in [0.1, 0.15) is 34.6 Å². The van der Waals surface area contributed by atoms with Gasteiger partial charge in [-0.1, -0.05) is 6.58 Å². The van der Waals surface area contributed by atoms with E-state index in [-0.39, 0.29) is 6.10 Å². The molecule has 0 rings (SSSR count). The first-order chi connectivity index (χ1) is 8.35. The maximum atomic E-state index is 13.6. The smallest absolute Gasteiger partial charge is 0.189 e. The predicted octanol–water partition coefficient (Wildman–Crippen LogP) is 3.52. The Morgan fingerprint density at radius 3 is 2.21 bits per heavy atom. The minimum absolute atomic E-state index is 0.114. The van der Waals surface area contributed by atoms with Gasteiger partial charge in [-0.2, -0.15) is 0 Å². The molecule has 0 aliphatic carbocycles. The van der Waals surface area contributed by atoms with E-state index in [0.717, 1.165) is 0 Å². The topological polar surface area (TPSA) is 38.3 Å². The molecule has 0 aromatic rings. The molecular formula is C13H28FNO2SSi. The van der Waals surface area contributed by atoms with Crippen LogP contribution in [0.4, 0.5) is 4.39 Å². The molecule has 19 heavy (non-hydrogen) atoms. The molecule has 0 fully saturated rings. The molecule has 0 aromatic carbocycles. The van der Waals surface area contributed by atoms with Crippen molar-refractivity contribution in [2.24, 2.45) is 0 Å². The first-order valence-corrected chi connectivity index (χ1v) is 10.8. The van der Waals surface area contributed by atoms with Gasteiger partial charge < -0.3 is 4.43 Å². The molecule has 0 bridgehead atoms. The van der Waals surface area contributed by atoms with Gasteiger partial charge in [-0.25, -0.2) is 13.3 Å². The molecule has 0 aliphatic rings. The Balaban J connectivity index is 4.77. The second kappa shape index (κ2) is 7.11. The summed E-state index contributed by atoms with van der Waals surface area (Å²) in [5, 5.41) is 0. The van der Waals surface area contributed by atoms with Gasteiger partial charge in [0.05, 0.1) is 21.8 Å². The molecule has 0 heterocycles. The third kappa shape index (κ3) is 7.97. The van der Waals surface area contributed by atoms with E-state index in [0.29, 0.717) is 6.04 Å². The summed E-state index contributed by atoms with van der Waals surface area (Å²) in [5.74, 6) is -0.481. The molecule has 6 heteroatoms. The SMILES string of the molecule is C=C(F)C(C[Si](C)(C)OC(C)C)N[S@@](=O)C(C)(C)C. The average molecular weight is 310 g/mol. The first-order valence-electron chi connectivity index (χ1n) is 6.55. The first kappa shape index (κ1) is 19.0. The quantitative estimate of drug-likeness (QED) is 0.731. The third-order valence-electron chi connectivity index (χ3n) is 2.43. The summed E-state index contributed by atoms with van der Waals surface area (Å²) in [5.41, 5.74) is 0. The fourth-order valence-electron chi connectivity index (χ4n) is 1.70. The van der Waals surface area contributed by atoms with Gasteiger partial charge in [-0.15, -0.1) is 0 Å². The molecule has 0 radical (unpaired) electrons. The van der Waals surface area contributed by atoms with Crippen molar-refractivity contribution in [2.45, 2.75) is 70.6 Å². The van der Waals surface area contributed by atoms with Crippen molar-refractivity contribution in [1.82, 2.24) is 4.72 Å². The van der Waals surface area contributed by atoms with Gasteiger partial charge in [0.2, 0.25) is 0 Å². The highest BCUT2D eigenvalue weighted by Gasteiger charge is 2.32. The normalized spacial score (nSPS) is 16.5. The number of nitrogens with one attached hydrogen (secondary N) is 1. The molecule has 3 nitrogen and oxygen atoms in total. The van der Waals surface area contributed by atoms with E-state index >= 15 is 0 Å². The highest BCUT2D eigenvalue weighted by atomic mass is 32.2. The zero-order valence-electron chi connectivity index (χ0n) is 13.2. The summed E-state index contributed by atoms with van der Waals surface area (Å²) in [7, 11) is -3.34. The summed E-state index contributed by atoms with van der Waals surface area (Å²) >= 11 is 0. The van der Waals surface area contributed by atoms with E-state index < -0.39 is 35.9 Å². The largest absolute Gasteiger partial charge is 0.415 e. The molecule has 0 aliphatic heterocycles. The van der Waals surface area contributed by atoms with Gasteiger partial charge in [-0.3, -0.25) is 0 Å². The van der Waals surface area contributed by atoms with Crippen LogP contribution in [0.25, 0.3) is 0 Å². The second-order valence-corrected chi connectivity index (χ2v) is 12.8. The van der Waals surface area contributed by atoms with E-state index in [1.54, 1.807) is 0 Å². The fraction of sp³-hybridized carbons (Fsp3) is 0.846. The molecular weight excluding hydrogens is 281 g/mol. The lowest BCUT2D eigenvalue weighted by atomic mass is 10.3. The Hall–Kier alpha value is -0.0431. The highest BCUT2D eigenvalue weighted by Crippen LogP contribution is 2.22. The van der Waals surface area contributed by atoms with Crippen molar-refractivity contribution in [3.05, 3.63) is 12.4 Å². The number of rotatable bonds is 7. The Labute approximate surface area is 120 Å². The second-order valence-electron chi connectivity index (χ2n) is 6.63. The minimum atomic E-state index is -2.02. The van der Waals surface area contributed by atoms with Crippen LogP contribution in [0.15, 0.2) is 12.4 Å². The van der Waals surface area contributed by atoms with Gasteiger partial charge >= 0.3 is 0 Å². The van der Waals surface area contributed by atoms with E-state index in [4.69, 9.17) is 4.43 Å². The van der Waals surface area contributed by atoms with Crippen LogP contribution in [-0.4, -0.2) is 29.4 Å². The zero-order valence-corrected chi connectivity index (χ0v) is 15.0. The lowest BCUT2D eigenvalue weighted by Crippen LogP contribution is -2.46. The maximum Gasteiger partial charge on any atom is 0.189 e. The van der Waals surface area contributed by atoms with Crippen LogP contribution in [0.3, 0.4) is 0 Å². The standard InChI is InChI=1S/C13H28FNO2SSi/c1-10(2)17-19(7,8)9-12(11(3)14)15-18(16)13(4,5)6/h10,12,15H,3,9H2,1-2,4-8H3/t12?,18-/m0/s1. The van der Waals surface area contributed by atoms with Gasteiger partial charge in [0.15, 0.2) is 8.32 Å². The molecule has 0 saturated carbocycles. The van der Waals surface area contributed by atoms with Crippen LogP contribution in [0.5, 0.6) is 0 Å². The van der Waals surface area contributed by atoms with Crippen molar-refractivity contribution >= 4 is 19.3 Å². The number of halogens is 1. The number of hydrogen-bond acceptors (Lipinski definition) is 2. The molecule has 114 valence electrons. The van der Waals surface area contributed by atoms with Crippen LogP contribution in [0.2, 0.25) is 19.1 Å². The Morgan fingerprint density at radius 2 is 1.89 bits per heavy atom. The molecule has 1 N–H and O–H groups in total. The van der Waals surface area contributed by atoms with E-state index in [1.165, 1.54) is 0 Å². The van der Waals surface area contributed by atoms with Crippen LogP contribution in [0, 0.1) is 0 Å². The Bertz CT molecular complexity index is 340. The average Bonchev–Trinajstić information content (AvgIpc) is 2.11. The van der Waals surface area contributed by atoms with Crippen molar-refractivity contribution in [1.29, 1.82) is 0 Å². The maximum absolute atomic E-state index is 13.6. The van der Waals surface area contributed by atoms with E-state index in [9.17, 15) is 8.60 Å². The van der Waals surface area contributed by atoms with Crippen molar-refractivity contribution in [2.75, 3.05) is 0 Å². The fourth-order valence-corrected chi connectivity index (χ4v) is 5.35. The van der Waals surface area contributed by atoms with Gasteiger partial charge in [0.25, 0.3) is 0 Å². The molecule has 0 saturated heterocycles. The summed E-state index contributed by atoms with van der Waals surface area (Å²) in [6, 6.07) is -0.0945. The van der Waals surface area contributed by atoms with Crippen LogP contribution >= 0.6 is 0 Å². The van der Waals surface area contributed by atoms with Gasteiger partial charge in [0, 0.05) is 6.10 Å². The highest BCUT2D eigenvalue weighted by molar-refractivity contribution is 7.84. The predicted molar refractivity (Wildman–Crippen MR) is 83.6 cm³/mol. The van der Waals surface area contributed by atoms with Crippen LogP contribution < -0.4 is 4.72 Å². The Morgan fingerprint density at radius 1 is 1.42 bits per heavy atom. The molecule has 2 atom stereocenters. The molecule has 0 amide bonds. The summed E-state index contributed by atoms with van der Waals surface area (Å²) in [4.78, 5) is 0. The molecule has 0 spiro atoms. The van der Waals surface area contributed by atoms with Crippen LogP contribution in [-0.2, 0) is 15.4 Å². The van der Waals surface area contributed by atoms with E-state index in [1.807, 2.05) is 47.7 Å². The summed E-state index contributed by atoms with van der Waals surface area (Å²) < 4.78 is 33.9. The summed E-state index contributed by atoms with van der Waals surface area (Å²) in [6.07, 6.45) is 0.114. The zero-order chi connectivity index (χ0) is 15.4. The van der Waals surface area contributed by atoms with Gasteiger partial charge in [-0.05, 0) is 53.8 Å². The lowest BCUT2D eigenvalue weighted by Gasteiger charge is -2.30. The molecule has 1 unspecified atom stereocenters.